The second kappa shape index (κ2) is 11.8. The molecule has 2 aromatic rings. The molecule has 0 bridgehead atoms. The van der Waals surface area contributed by atoms with Crippen molar-refractivity contribution in [3.63, 3.8) is 0 Å². The number of carboxylic acids is 1. The van der Waals surface area contributed by atoms with Crippen molar-refractivity contribution in [1.82, 2.24) is 5.32 Å². The molecule has 47 heavy (non-hydrogen) atoms. The van der Waals surface area contributed by atoms with Crippen LogP contribution in [0.15, 0.2) is 54.6 Å². The molecule has 5 nitrogen and oxygen atoms in total. The summed E-state index contributed by atoms with van der Waals surface area (Å²) < 4.78 is 5.30. The van der Waals surface area contributed by atoms with Crippen molar-refractivity contribution in [2.45, 2.75) is 98.3 Å². The Morgan fingerprint density at radius 3 is 2.28 bits per heavy atom. The van der Waals surface area contributed by atoms with Crippen LogP contribution in [-0.2, 0) is 11.2 Å². The van der Waals surface area contributed by atoms with Gasteiger partial charge in [0.15, 0.2) is 0 Å². The number of carboxylic acid groups (broad SMARTS) is 1. The van der Waals surface area contributed by atoms with Gasteiger partial charge >= 0.3 is 5.97 Å². The van der Waals surface area contributed by atoms with Crippen molar-refractivity contribution in [1.29, 1.82) is 0 Å². The zero-order valence-electron chi connectivity index (χ0n) is 29.2. The third-order valence-corrected chi connectivity index (χ3v) is 14.8. The summed E-state index contributed by atoms with van der Waals surface area (Å²) >= 11 is 0. The van der Waals surface area contributed by atoms with Gasteiger partial charge in [0.25, 0.3) is 0 Å². The van der Waals surface area contributed by atoms with Crippen molar-refractivity contribution < 1.29 is 19.4 Å². The Morgan fingerprint density at radius 1 is 0.830 bits per heavy atom. The van der Waals surface area contributed by atoms with Gasteiger partial charge in [-0.2, -0.15) is 0 Å². The van der Waals surface area contributed by atoms with Crippen molar-refractivity contribution in [3.05, 3.63) is 71.3 Å². The first-order chi connectivity index (χ1) is 22.4. The lowest BCUT2D eigenvalue weighted by molar-refractivity contribution is -0.181. The number of ether oxygens (including phenoxy) is 1. The molecule has 4 unspecified atom stereocenters. The SMILES string of the molecule is COc1ccc(CCNC(=O)[C@]23CCCC2[C@H]2CCC4[C@@](C)(CCC5C(C)(C)C(c6ccc(C(=O)O)cc6)=CC[C@@]54C)C2CC3)cc1. The number of benzene rings is 2. The Bertz CT molecular complexity index is 1540. The molecule has 0 radical (unpaired) electrons. The minimum absolute atomic E-state index is 0.0208. The second-order valence-corrected chi connectivity index (χ2v) is 17.0. The predicted molar refractivity (Wildman–Crippen MR) is 187 cm³/mol. The molecule has 2 N–H and O–H groups in total. The van der Waals surface area contributed by atoms with Crippen LogP contribution in [0.4, 0.5) is 0 Å². The minimum Gasteiger partial charge on any atom is -0.497 e. The first kappa shape index (κ1) is 32.5. The number of carbonyl (C=O) groups is 2. The summed E-state index contributed by atoms with van der Waals surface area (Å²) in [6, 6.07) is 15.8. The highest BCUT2D eigenvalue weighted by molar-refractivity contribution is 5.88. The maximum absolute atomic E-state index is 14.1. The van der Waals surface area contributed by atoms with E-state index in [-0.39, 0.29) is 16.2 Å². The Balaban J connectivity index is 1.08. The normalized spacial score (nSPS) is 37.0. The molecule has 7 rings (SSSR count). The molecule has 4 fully saturated rings. The standard InChI is InChI=1S/C42H55NO4/c1-39(2)32(28-10-12-29(13-11-28)37(44)45)18-23-41(4)35(39)20-24-40(3)33-19-25-42(22-6-7-34(42)31(33)16-17-36(40)41)38(46)43-26-21-27-8-14-30(47-5)15-9-27/h8-15,18,31,33-36H,6-7,16-17,19-26H2,1-5H3,(H,43,46)(H,44,45)/t31-,33?,34?,35?,36?,40-,41-,42-/m0/s1. The maximum atomic E-state index is 14.1. The quantitative estimate of drug-likeness (QED) is 0.317. The Hall–Kier alpha value is -3.08. The average Bonchev–Trinajstić information content (AvgIpc) is 3.51. The van der Waals surface area contributed by atoms with E-state index in [9.17, 15) is 14.7 Å². The van der Waals surface area contributed by atoms with Crippen LogP contribution in [0.25, 0.3) is 5.57 Å². The van der Waals surface area contributed by atoms with Gasteiger partial charge < -0.3 is 15.2 Å². The van der Waals surface area contributed by atoms with Crippen LogP contribution < -0.4 is 10.1 Å². The van der Waals surface area contributed by atoms with Gasteiger partial charge in [-0.15, -0.1) is 0 Å². The molecule has 0 saturated heterocycles. The molecule has 0 spiro atoms. The Morgan fingerprint density at radius 2 is 1.57 bits per heavy atom. The van der Waals surface area contributed by atoms with E-state index < -0.39 is 5.97 Å². The molecule has 5 heteroatoms. The Kier molecular flexibility index (Phi) is 8.16. The molecule has 0 aliphatic heterocycles. The van der Waals surface area contributed by atoms with Crippen molar-refractivity contribution >= 4 is 17.4 Å². The smallest absolute Gasteiger partial charge is 0.335 e. The maximum Gasteiger partial charge on any atom is 0.335 e. The summed E-state index contributed by atoms with van der Waals surface area (Å²) in [5.41, 5.74) is 4.55. The highest BCUT2D eigenvalue weighted by atomic mass is 16.5. The Labute approximate surface area is 281 Å². The molecule has 0 heterocycles. The minimum atomic E-state index is -0.869. The number of fused-ring (bicyclic) bond motifs is 7. The van der Waals surface area contributed by atoms with Crippen LogP contribution in [0.1, 0.15) is 113 Å². The summed E-state index contributed by atoms with van der Waals surface area (Å²) in [6.07, 6.45) is 15.2. The largest absolute Gasteiger partial charge is 0.497 e. The highest BCUT2D eigenvalue weighted by Crippen LogP contribution is 2.73. The predicted octanol–water partition coefficient (Wildman–Crippen LogP) is 9.21. The molecular formula is C42H55NO4. The molecule has 5 aliphatic carbocycles. The molecule has 2 aromatic carbocycles. The van der Waals surface area contributed by atoms with E-state index in [1.54, 1.807) is 19.2 Å². The molecule has 0 aromatic heterocycles. The summed E-state index contributed by atoms with van der Waals surface area (Å²) in [5.74, 6) is 3.50. The topological polar surface area (TPSA) is 75.6 Å². The fraction of sp³-hybridized carbons (Fsp3) is 0.619. The summed E-state index contributed by atoms with van der Waals surface area (Å²) in [5, 5.41) is 12.9. The highest BCUT2D eigenvalue weighted by Gasteiger charge is 2.66. The van der Waals surface area contributed by atoms with E-state index in [2.05, 4.69) is 51.2 Å². The third kappa shape index (κ3) is 5.08. The number of aromatic carboxylic acids is 1. The fourth-order valence-electron chi connectivity index (χ4n) is 12.8. The second-order valence-electron chi connectivity index (χ2n) is 17.0. The van der Waals surface area contributed by atoms with Crippen LogP contribution in [0, 0.1) is 51.2 Å². The van der Waals surface area contributed by atoms with E-state index in [0.29, 0.717) is 53.0 Å². The van der Waals surface area contributed by atoms with Crippen LogP contribution in [0.3, 0.4) is 0 Å². The lowest BCUT2D eigenvalue weighted by Gasteiger charge is -2.68. The lowest BCUT2D eigenvalue weighted by Crippen LogP contribution is -2.62. The summed E-state index contributed by atoms with van der Waals surface area (Å²) in [4.78, 5) is 25.6. The van der Waals surface area contributed by atoms with E-state index in [1.165, 1.54) is 61.6 Å². The molecule has 5 aliphatic rings. The van der Waals surface area contributed by atoms with E-state index in [1.807, 2.05) is 24.3 Å². The van der Waals surface area contributed by atoms with Gasteiger partial charge in [0.2, 0.25) is 5.91 Å². The summed E-state index contributed by atoms with van der Waals surface area (Å²) in [6.45, 7) is 10.9. The van der Waals surface area contributed by atoms with E-state index in [0.717, 1.165) is 31.4 Å². The van der Waals surface area contributed by atoms with Crippen LogP contribution >= 0.6 is 0 Å². The third-order valence-electron chi connectivity index (χ3n) is 14.8. The molecule has 1 amide bonds. The van der Waals surface area contributed by atoms with E-state index in [4.69, 9.17) is 4.74 Å². The van der Waals surface area contributed by atoms with Crippen LogP contribution in [0.2, 0.25) is 0 Å². The van der Waals surface area contributed by atoms with Crippen molar-refractivity contribution in [3.8, 4) is 5.75 Å². The van der Waals surface area contributed by atoms with E-state index >= 15 is 0 Å². The summed E-state index contributed by atoms with van der Waals surface area (Å²) in [7, 11) is 1.69. The van der Waals surface area contributed by atoms with Crippen LogP contribution in [-0.4, -0.2) is 30.6 Å². The van der Waals surface area contributed by atoms with Gasteiger partial charge in [0.1, 0.15) is 5.75 Å². The zero-order chi connectivity index (χ0) is 33.2. The van der Waals surface area contributed by atoms with Crippen LogP contribution in [0.5, 0.6) is 5.75 Å². The lowest BCUT2D eigenvalue weighted by atomic mass is 9.36. The number of carbonyl (C=O) groups excluding carboxylic acids is 1. The van der Waals surface area contributed by atoms with Crippen molar-refractivity contribution in [2.24, 2.45) is 51.2 Å². The van der Waals surface area contributed by atoms with Gasteiger partial charge in [0, 0.05) is 6.54 Å². The molecule has 8 atom stereocenters. The number of nitrogens with one attached hydrogen (secondary N) is 1. The van der Waals surface area contributed by atoms with Gasteiger partial charge in [-0.3, -0.25) is 4.79 Å². The number of allylic oxidation sites excluding steroid dienone is 2. The monoisotopic (exact) mass is 637 g/mol. The number of methoxy groups -OCH3 is 1. The number of amides is 1. The van der Waals surface area contributed by atoms with Crippen molar-refractivity contribution in [2.75, 3.05) is 13.7 Å². The fourth-order valence-corrected chi connectivity index (χ4v) is 12.8. The first-order valence-corrected chi connectivity index (χ1v) is 18.4. The van der Waals surface area contributed by atoms with Gasteiger partial charge in [0.05, 0.1) is 18.1 Å². The number of hydrogen-bond acceptors (Lipinski definition) is 3. The number of rotatable bonds is 7. The van der Waals surface area contributed by atoms with Gasteiger partial charge in [-0.1, -0.05) is 64.5 Å². The number of hydrogen-bond donors (Lipinski definition) is 2. The van der Waals surface area contributed by atoms with Gasteiger partial charge in [-0.05, 0) is 151 Å². The zero-order valence-corrected chi connectivity index (χ0v) is 29.2. The molecule has 4 saturated carbocycles. The molecular weight excluding hydrogens is 582 g/mol. The molecule has 252 valence electrons. The van der Waals surface area contributed by atoms with Gasteiger partial charge in [-0.25, -0.2) is 4.79 Å². The first-order valence-electron chi connectivity index (χ1n) is 18.4. The average molecular weight is 638 g/mol.